The maximum absolute atomic E-state index is 13.5. The van der Waals surface area contributed by atoms with Gasteiger partial charge >= 0.3 is 0 Å². The molecule has 0 atom stereocenters. The minimum atomic E-state index is -0.239. The molecule has 0 amide bonds. The van der Waals surface area contributed by atoms with Crippen LogP contribution in [-0.4, -0.2) is 5.16 Å². The van der Waals surface area contributed by atoms with E-state index in [4.69, 9.17) is 0 Å². The summed E-state index contributed by atoms with van der Waals surface area (Å²) in [5, 5.41) is 3.67. The molecule has 0 fully saturated rings. The summed E-state index contributed by atoms with van der Waals surface area (Å²) in [4.78, 5) is 0. The molecule has 1 aromatic heterocycles. The van der Waals surface area contributed by atoms with Crippen molar-refractivity contribution in [1.29, 1.82) is 0 Å². The molecule has 0 unspecified atom stereocenters. The second-order valence-corrected chi connectivity index (χ2v) is 2.82. The van der Waals surface area contributed by atoms with E-state index < -0.39 is 0 Å². The number of halogens is 1. The Morgan fingerprint density at radius 3 is 2.85 bits per heavy atom. The van der Waals surface area contributed by atoms with Gasteiger partial charge in [-0.05, 0) is 18.6 Å². The van der Waals surface area contributed by atoms with Gasteiger partial charge < -0.3 is 4.52 Å². The fourth-order valence-corrected chi connectivity index (χ4v) is 1.20. The van der Waals surface area contributed by atoms with Gasteiger partial charge in [0.1, 0.15) is 17.8 Å². The average molecular weight is 177 g/mol. The molecule has 1 aromatic carbocycles. The maximum atomic E-state index is 13.5. The van der Waals surface area contributed by atoms with Gasteiger partial charge in [-0.25, -0.2) is 4.39 Å². The van der Waals surface area contributed by atoms with Crippen LogP contribution in [0.15, 0.2) is 35.1 Å². The van der Waals surface area contributed by atoms with Crippen LogP contribution >= 0.6 is 0 Å². The quantitative estimate of drug-likeness (QED) is 0.669. The standard InChI is InChI=1S/C10H8FNO/c1-7-3-2-4-8(10(7)11)9-5-6-13-12-9/h2-6H,1H3. The zero-order valence-electron chi connectivity index (χ0n) is 7.12. The van der Waals surface area contributed by atoms with Crippen LogP contribution in [-0.2, 0) is 0 Å². The Kier molecular flexibility index (Phi) is 1.85. The van der Waals surface area contributed by atoms with Crippen molar-refractivity contribution < 1.29 is 8.91 Å². The van der Waals surface area contributed by atoms with E-state index in [2.05, 4.69) is 9.68 Å². The maximum Gasteiger partial charge on any atom is 0.135 e. The molecule has 2 nitrogen and oxygen atoms in total. The third-order valence-corrected chi connectivity index (χ3v) is 1.91. The van der Waals surface area contributed by atoms with Gasteiger partial charge in [-0.2, -0.15) is 0 Å². The number of nitrogens with zero attached hydrogens (tertiary/aromatic N) is 1. The van der Waals surface area contributed by atoms with Gasteiger partial charge in [-0.1, -0.05) is 17.3 Å². The van der Waals surface area contributed by atoms with Crippen LogP contribution in [0.3, 0.4) is 0 Å². The lowest BCUT2D eigenvalue weighted by molar-refractivity contribution is 0.422. The second-order valence-electron chi connectivity index (χ2n) is 2.82. The van der Waals surface area contributed by atoms with Crippen molar-refractivity contribution >= 4 is 0 Å². The number of aromatic nitrogens is 1. The van der Waals surface area contributed by atoms with Crippen molar-refractivity contribution in [2.24, 2.45) is 0 Å². The highest BCUT2D eigenvalue weighted by Crippen LogP contribution is 2.22. The molecule has 0 N–H and O–H groups in total. The molecule has 66 valence electrons. The summed E-state index contributed by atoms with van der Waals surface area (Å²) in [5.74, 6) is -0.239. The van der Waals surface area contributed by atoms with Crippen LogP contribution in [0, 0.1) is 12.7 Å². The topological polar surface area (TPSA) is 26.0 Å². The summed E-state index contributed by atoms with van der Waals surface area (Å²) in [6.07, 6.45) is 1.43. The lowest BCUT2D eigenvalue weighted by Gasteiger charge is -2.00. The van der Waals surface area contributed by atoms with E-state index >= 15 is 0 Å². The summed E-state index contributed by atoms with van der Waals surface area (Å²) in [6, 6.07) is 6.83. The van der Waals surface area contributed by atoms with Crippen molar-refractivity contribution in [2.45, 2.75) is 6.92 Å². The number of benzene rings is 1. The average Bonchev–Trinajstić information content (AvgIpc) is 2.62. The summed E-state index contributed by atoms with van der Waals surface area (Å²) < 4.78 is 18.1. The van der Waals surface area contributed by atoms with Crippen molar-refractivity contribution in [3.8, 4) is 11.3 Å². The molecule has 0 bridgehead atoms. The van der Waals surface area contributed by atoms with E-state index in [0.717, 1.165) is 0 Å². The lowest BCUT2D eigenvalue weighted by atomic mass is 10.1. The van der Waals surface area contributed by atoms with Gasteiger partial charge in [0.15, 0.2) is 0 Å². The molecule has 0 aliphatic rings. The number of aryl methyl sites for hydroxylation is 1. The number of hydrogen-bond acceptors (Lipinski definition) is 2. The van der Waals surface area contributed by atoms with Crippen LogP contribution in [0.4, 0.5) is 4.39 Å². The highest BCUT2D eigenvalue weighted by Gasteiger charge is 2.08. The minimum Gasteiger partial charge on any atom is -0.364 e. The van der Waals surface area contributed by atoms with Gasteiger partial charge in [-0.15, -0.1) is 0 Å². The van der Waals surface area contributed by atoms with Crippen LogP contribution in [0.5, 0.6) is 0 Å². The number of rotatable bonds is 1. The molecule has 3 heteroatoms. The fourth-order valence-electron chi connectivity index (χ4n) is 1.20. The lowest BCUT2D eigenvalue weighted by Crippen LogP contribution is -1.87. The van der Waals surface area contributed by atoms with Crippen molar-refractivity contribution in [2.75, 3.05) is 0 Å². The first-order chi connectivity index (χ1) is 6.29. The summed E-state index contributed by atoms with van der Waals surface area (Å²) >= 11 is 0. The van der Waals surface area contributed by atoms with Crippen molar-refractivity contribution in [1.82, 2.24) is 5.16 Å². The Balaban J connectivity index is 2.59. The molecule has 13 heavy (non-hydrogen) atoms. The molecule has 0 aliphatic carbocycles. The molecule has 0 saturated carbocycles. The second kappa shape index (κ2) is 3.01. The third kappa shape index (κ3) is 1.33. The van der Waals surface area contributed by atoms with Gasteiger partial charge in [-0.3, -0.25) is 0 Å². The zero-order chi connectivity index (χ0) is 9.26. The number of hydrogen-bond donors (Lipinski definition) is 0. The van der Waals surface area contributed by atoms with Crippen LogP contribution in [0.2, 0.25) is 0 Å². The first-order valence-electron chi connectivity index (χ1n) is 3.95. The Hall–Kier alpha value is -1.64. The normalized spacial score (nSPS) is 10.3. The van der Waals surface area contributed by atoms with Gasteiger partial charge in [0.2, 0.25) is 0 Å². The third-order valence-electron chi connectivity index (χ3n) is 1.91. The Bertz CT molecular complexity index is 409. The molecule has 0 saturated heterocycles. The first kappa shape index (κ1) is 7.98. The molecule has 0 radical (unpaired) electrons. The molecular formula is C10H8FNO. The van der Waals surface area contributed by atoms with E-state index in [-0.39, 0.29) is 5.82 Å². The van der Waals surface area contributed by atoms with Crippen molar-refractivity contribution in [3.63, 3.8) is 0 Å². The van der Waals surface area contributed by atoms with E-state index in [1.54, 1.807) is 31.2 Å². The molecular weight excluding hydrogens is 169 g/mol. The highest BCUT2D eigenvalue weighted by molar-refractivity contribution is 5.59. The van der Waals surface area contributed by atoms with E-state index in [1.165, 1.54) is 6.26 Å². The Morgan fingerprint density at radius 2 is 2.15 bits per heavy atom. The molecule has 2 aromatic rings. The van der Waals surface area contributed by atoms with Gasteiger partial charge in [0, 0.05) is 11.6 Å². The molecule has 2 rings (SSSR count). The molecule has 0 spiro atoms. The predicted octanol–water partition coefficient (Wildman–Crippen LogP) is 2.79. The smallest absolute Gasteiger partial charge is 0.135 e. The van der Waals surface area contributed by atoms with Gasteiger partial charge in [0.05, 0.1) is 0 Å². The van der Waals surface area contributed by atoms with E-state index in [0.29, 0.717) is 16.8 Å². The van der Waals surface area contributed by atoms with E-state index in [1.807, 2.05) is 0 Å². The summed E-state index contributed by atoms with van der Waals surface area (Å²) in [7, 11) is 0. The molecule has 0 aliphatic heterocycles. The van der Waals surface area contributed by atoms with Crippen LogP contribution < -0.4 is 0 Å². The van der Waals surface area contributed by atoms with Crippen LogP contribution in [0.25, 0.3) is 11.3 Å². The Labute approximate surface area is 75.0 Å². The minimum absolute atomic E-state index is 0.239. The summed E-state index contributed by atoms with van der Waals surface area (Å²) in [5.41, 5.74) is 1.62. The van der Waals surface area contributed by atoms with Gasteiger partial charge in [0.25, 0.3) is 0 Å². The van der Waals surface area contributed by atoms with Crippen molar-refractivity contribution in [3.05, 3.63) is 41.9 Å². The predicted molar refractivity (Wildman–Crippen MR) is 46.6 cm³/mol. The highest BCUT2D eigenvalue weighted by atomic mass is 19.1. The Morgan fingerprint density at radius 1 is 1.31 bits per heavy atom. The monoisotopic (exact) mass is 177 g/mol. The largest absolute Gasteiger partial charge is 0.364 e. The van der Waals surface area contributed by atoms with Crippen LogP contribution in [0.1, 0.15) is 5.56 Å². The first-order valence-corrected chi connectivity index (χ1v) is 3.95. The van der Waals surface area contributed by atoms with E-state index in [9.17, 15) is 4.39 Å². The zero-order valence-corrected chi connectivity index (χ0v) is 7.12. The summed E-state index contributed by atoms with van der Waals surface area (Å²) in [6.45, 7) is 1.72. The SMILES string of the molecule is Cc1cccc(-c2ccon2)c1F. The fraction of sp³-hybridized carbons (Fsp3) is 0.100. The molecule has 1 heterocycles.